The molecule has 1 aliphatic rings. The van der Waals surface area contributed by atoms with E-state index in [0.29, 0.717) is 0 Å². The third kappa shape index (κ3) is 79.9. The normalized spacial score (nSPS) is 8.30. The van der Waals surface area contributed by atoms with Crippen LogP contribution in [0.25, 0.3) is 0 Å². The smallest absolute Gasteiger partial charge is 0.358 e. The average molecular weight is 500 g/mol. The Bertz CT molecular complexity index is 504. The van der Waals surface area contributed by atoms with Crippen LogP contribution in [0.15, 0.2) is 18.2 Å². The molecule has 0 unspecified atom stereocenters. The van der Waals surface area contributed by atoms with Gasteiger partial charge in [-0.2, -0.15) is 43.5 Å². The third-order valence-electron chi connectivity index (χ3n) is 0.878. The predicted octanol–water partition coefficient (Wildman–Crippen LogP) is 5.09. The summed E-state index contributed by atoms with van der Waals surface area (Å²) in [6.45, 7) is 4.29. The van der Waals surface area contributed by atoms with E-state index in [1.165, 1.54) is 20.8 Å². The van der Waals surface area contributed by atoms with Gasteiger partial charge in [-0.15, -0.1) is 6.42 Å². The molecule has 0 spiro atoms. The maximum absolute atomic E-state index is 10.7. The van der Waals surface area contributed by atoms with Gasteiger partial charge in [-0.25, -0.2) is 12.2 Å². The van der Waals surface area contributed by atoms with Gasteiger partial charge in [0.2, 0.25) is 0 Å². The fourth-order valence-electron chi connectivity index (χ4n) is 0.340. The van der Waals surface area contributed by atoms with Crippen LogP contribution in [0.2, 0.25) is 0 Å². The van der Waals surface area contributed by atoms with Gasteiger partial charge < -0.3 is 29.7 Å². The van der Waals surface area contributed by atoms with Gasteiger partial charge in [-0.3, -0.25) is 10.6 Å². The van der Waals surface area contributed by atoms with Crippen LogP contribution in [0.3, 0.4) is 0 Å². The molecular weight excluding hydrogens is 472 g/mol. The van der Waals surface area contributed by atoms with Crippen LogP contribution in [-0.2, 0) is 29.6 Å². The molecule has 0 bridgehead atoms. The van der Waals surface area contributed by atoms with Crippen LogP contribution in [0.1, 0.15) is 27.2 Å². The molecule has 0 amide bonds. The Kier molecular flexibility index (Phi) is 82.0. The number of alkyl halides is 3. The summed E-state index contributed by atoms with van der Waals surface area (Å²) in [6.07, 6.45) is 10.0. The van der Waals surface area contributed by atoms with Crippen molar-refractivity contribution >= 4 is 10.1 Å². The van der Waals surface area contributed by atoms with E-state index in [-0.39, 0.29) is 49.2 Å². The summed E-state index contributed by atoms with van der Waals surface area (Å²) < 4.78 is 57.5. The maximum atomic E-state index is 10.7. The quantitative estimate of drug-likeness (QED) is 0.214. The molecule has 1 aliphatic carbocycles. The second-order valence-corrected chi connectivity index (χ2v) is 4.01. The van der Waals surface area contributed by atoms with E-state index in [4.69, 9.17) is 28.8 Å². The third-order valence-corrected chi connectivity index (χ3v) is 1.46. The van der Waals surface area contributed by atoms with Gasteiger partial charge in [-0.1, -0.05) is 0 Å². The molecular formula is C16H27F3N3O3RuS. The van der Waals surface area contributed by atoms with Gasteiger partial charge in [0.25, 0.3) is 0 Å². The molecule has 1 radical (unpaired) electrons. The van der Waals surface area contributed by atoms with Gasteiger partial charge in [0, 0.05) is 20.8 Å². The number of halogens is 3. The van der Waals surface area contributed by atoms with E-state index in [2.05, 4.69) is 12.2 Å². The van der Waals surface area contributed by atoms with Crippen molar-refractivity contribution < 1.29 is 45.6 Å². The second-order valence-electron chi connectivity index (χ2n) is 2.59. The maximum Gasteiger partial charge on any atom is 5.00 e. The Morgan fingerprint density at radius 2 is 1.19 bits per heavy atom. The molecule has 0 aliphatic heterocycles. The SMILES string of the molecule is CC#N.CC#N.CC#N.O=S(=O)(O)C(F)(F)F.[C-]1=CC=CC1.[CH3-].[CH3-].[CH3-].[CH3-].[Ru+5]. The fraction of sp³-hybridized carbons (Fsp3) is 0.312. The molecule has 11 heteroatoms. The van der Waals surface area contributed by atoms with Crippen LogP contribution in [0.4, 0.5) is 13.2 Å². The molecule has 0 atom stereocenters. The number of hydrogen-bond donors (Lipinski definition) is 1. The molecule has 0 aromatic rings. The van der Waals surface area contributed by atoms with Crippen molar-refractivity contribution in [3.63, 3.8) is 0 Å². The van der Waals surface area contributed by atoms with Gasteiger partial charge >= 0.3 is 35.1 Å². The first-order valence-corrected chi connectivity index (χ1v) is 6.62. The minimum Gasteiger partial charge on any atom is -0.358 e. The van der Waals surface area contributed by atoms with Crippen molar-refractivity contribution in [3.8, 4) is 18.2 Å². The predicted molar refractivity (Wildman–Crippen MR) is 98.7 cm³/mol. The Balaban J connectivity index is -0.0000000217. The molecule has 0 saturated carbocycles. The molecule has 0 saturated heterocycles. The van der Waals surface area contributed by atoms with Gasteiger partial charge in [0.15, 0.2) is 0 Å². The van der Waals surface area contributed by atoms with Crippen molar-refractivity contribution in [1.82, 2.24) is 0 Å². The van der Waals surface area contributed by atoms with E-state index >= 15 is 0 Å². The van der Waals surface area contributed by atoms with E-state index in [0.717, 1.165) is 6.42 Å². The Morgan fingerprint density at radius 3 is 1.22 bits per heavy atom. The van der Waals surface area contributed by atoms with Crippen LogP contribution < -0.4 is 0 Å². The molecule has 0 heterocycles. The number of allylic oxidation sites excluding steroid dienone is 4. The monoisotopic (exact) mass is 500 g/mol. The fourth-order valence-corrected chi connectivity index (χ4v) is 0.340. The van der Waals surface area contributed by atoms with Crippen LogP contribution >= 0.6 is 0 Å². The van der Waals surface area contributed by atoms with Crippen molar-refractivity contribution in [2.45, 2.75) is 32.7 Å². The summed E-state index contributed by atoms with van der Waals surface area (Å²) in [4.78, 5) is 0. The first-order valence-electron chi connectivity index (χ1n) is 5.17. The van der Waals surface area contributed by atoms with Gasteiger partial charge in [-0.05, 0) is 0 Å². The molecule has 0 aromatic carbocycles. The summed E-state index contributed by atoms with van der Waals surface area (Å²) >= 11 is 0. The van der Waals surface area contributed by atoms with Gasteiger partial charge in [0.05, 0.1) is 18.2 Å². The van der Waals surface area contributed by atoms with Gasteiger partial charge in [0.1, 0.15) is 0 Å². The van der Waals surface area contributed by atoms with Crippen LogP contribution in [0.5, 0.6) is 0 Å². The average Bonchev–Trinajstić information content (AvgIpc) is 2.87. The molecule has 0 fully saturated rings. The van der Waals surface area contributed by atoms with Crippen LogP contribution in [-0.4, -0.2) is 18.5 Å². The Morgan fingerprint density at radius 1 is 0.963 bits per heavy atom. The van der Waals surface area contributed by atoms with E-state index in [1.807, 2.05) is 12.2 Å². The molecule has 27 heavy (non-hydrogen) atoms. The van der Waals surface area contributed by atoms with E-state index in [9.17, 15) is 13.2 Å². The number of nitrogens with zero attached hydrogens (tertiary/aromatic N) is 3. The van der Waals surface area contributed by atoms with Crippen molar-refractivity contribution in [1.29, 1.82) is 15.8 Å². The van der Waals surface area contributed by atoms with E-state index < -0.39 is 15.6 Å². The number of nitriles is 3. The first kappa shape index (κ1) is 56.2. The van der Waals surface area contributed by atoms with E-state index in [1.54, 1.807) is 18.2 Å². The number of hydrogen-bond acceptors (Lipinski definition) is 5. The summed E-state index contributed by atoms with van der Waals surface area (Å²) in [5.41, 5.74) is -5.53. The second kappa shape index (κ2) is 39.4. The summed E-state index contributed by atoms with van der Waals surface area (Å²) in [6, 6.07) is 5.25. The zero-order chi connectivity index (χ0) is 18.7. The Labute approximate surface area is 176 Å². The standard InChI is InChI=1S/C5H5.3C2H3N.CHF3O3S.4CH3.Ru/c1-2-4-5-3-1;3*1-2-3;2-1(3,4)8(5,6)7;;;;;/h1-3H,4H2;3*1H3;(H,5,6,7);4*1H3;/q-1;;;;;4*-1;+5. The summed E-state index contributed by atoms with van der Waals surface area (Å²) in [5, 5.41) is 22.0. The van der Waals surface area contributed by atoms with Crippen molar-refractivity contribution in [2.75, 3.05) is 0 Å². The number of rotatable bonds is 0. The van der Waals surface area contributed by atoms with Crippen molar-refractivity contribution in [3.05, 3.63) is 54.0 Å². The molecule has 6 nitrogen and oxygen atoms in total. The largest absolute Gasteiger partial charge is 5.00 e. The summed E-state index contributed by atoms with van der Waals surface area (Å²) in [7, 11) is -5.84. The zero-order valence-electron chi connectivity index (χ0n) is 16.4. The minimum absolute atomic E-state index is 0. The minimum atomic E-state index is -5.84. The first-order chi connectivity index (χ1) is 9.99. The van der Waals surface area contributed by atoms with Crippen LogP contribution in [0, 0.1) is 69.8 Å². The molecule has 1 N–H and O–H groups in total. The summed E-state index contributed by atoms with van der Waals surface area (Å²) in [5.74, 6) is 0. The Hall–Kier alpha value is -1.73. The molecule has 1 rings (SSSR count). The molecule has 0 aromatic heterocycles. The van der Waals surface area contributed by atoms with Crippen molar-refractivity contribution in [2.24, 2.45) is 0 Å². The topological polar surface area (TPSA) is 126 Å². The molecule has 159 valence electrons. The zero-order valence-corrected chi connectivity index (χ0v) is 19.0.